The molecule has 6 nitrogen and oxygen atoms in total. The number of hydrogen-bond acceptors (Lipinski definition) is 4. The average Bonchev–Trinajstić information content (AvgIpc) is 2.83. The summed E-state index contributed by atoms with van der Waals surface area (Å²) in [5.74, 6) is 1.31. The molecule has 0 spiro atoms. The van der Waals surface area contributed by atoms with Crippen LogP contribution in [0.15, 0.2) is 53.0 Å². The van der Waals surface area contributed by atoms with Gasteiger partial charge in [0.25, 0.3) is 0 Å². The minimum absolute atomic E-state index is 0.00630. The van der Waals surface area contributed by atoms with E-state index in [9.17, 15) is 9.59 Å². The van der Waals surface area contributed by atoms with Crippen molar-refractivity contribution in [3.8, 4) is 5.75 Å². The van der Waals surface area contributed by atoms with E-state index in [1.165, 1.54) is 0 Å². The van der Waals surface area contributed by atoms with Crippen LogP contribution >= 0.6 is 15.9 Å². The van der Waals surface area contributed by atoms with Gasteiger partial charge in [-0.25, -0.2) is 4.79 Å². The first-order valence-electron chi connectivity index (χ1n) is 12.3. The summed E-state index contributed by atoms with van der Waals surface area (Å²) in [6.45, 7) is 6.68. The van der Waals surface area contributed by atoms with E-state index >= 15 is 0 Å². The summed E-state index contributed by atoms with van der Waals surface area (Å²) in [6.07, 6.45) is 3.12. The van der Waals surface area contributed by atoms with Gasteiger partial charge in [-0.15, -0.1) is 0 Å². The quantitative estimate of drug-likeness (QED) is 0.424. The van der Waals surface area contributed by atoms with Gasteiger partial charge in [-0.1, -0.05) is 36.4 Å². The molecule has 0 bridgehead atoms. The second-order valence-electron chi connectivity index (χ2n) is 10.2. The normalized spacial score (nSPS) is 18.9. The van der Waals surface area contributed by atoms with Gasteiger partial charge in [0.05, 0.1) is 11.6 Å². The third-order valence-corrected chi connectivity index (χ3v) is 7.03. The molecule has 2 aromatic carbocycles. The van der Waals surface area contributed by atoms with Gasteiger partial charge >= 0.3 is 6.09 Å². The summed E-state index contributed by atoms with van der Waals surface area (Å²) < 4.78 is 11.6. The Balaban J connectivity index is 1.54. The van der Waals surface area contributed by atoms with Crippen molar-refractivity contribution in [1.29, 1.82) is 0 Å². The van der Waals surface area contributed by atoms with Crippen LogP contribution < -0.4 is 15.4 Å². The highest BCUT2D eigenvalue weighted by Crippen LogP contribution is 2.32. The Bertz CT molecular complexity index is 982. The third kappa shape index (κ3) is 8.27. The summed E-state index contributed by atoms with van der Waals surface area (Å²) in [5.41, 5.74) is 1.77. The van der Waals surface area contributed by atoms with E-state index in [2.05, 4.69) is 50.8 Å². The van der Waals surface area contributed by atoms with Gasteiger partial charge in [0.1, 0.15) is 11.4 Å². The molecule has 0 radical (unpaired) electrons. The zero-order valence-electron chi connectivity index (χ0n) is 21.1. The highest BCUT2D eigenvalue weighted by molar-refractivity contribution is 9.10. The van der Waals surface area contributed by atoms with Gasteiger partial charge < -0.3 is 20.1 Å². The molecule has 2 N–H and O–H groups in total. The fourth-order valence-corrected chi connectivity index (χ4v) is 5.09. The van der Waals surface area contributed by atoms with Crippen molar-refractivity contribution in [3.05, 3.63) is 64.1 Å². The number of carbonyl (C=O) groups excluding carboxylic acids is 2. The lowest BCUT2D eigenvalue weighted by Gasteiger charge is -2.29. The molecular formula is C28H37BrN2O4. The van der Waals surface area contributed by atoms with Crippen LogP contribution in [0.1, 0.15) is 63.5 Å². The maximum absolute atomic E-state index is 13.0. The molecule has 1 unspecified atom stereocenters. The molecule has 2 aromatic rings. The summed E-state index contributed by atoms with van der Waals surface area (Å²) in [5, 5.41) is 6.08. The number of ether oxygens (including phenoxy) is 2. The molecule has 0 aliphatic heterocycles. The predicted molar refractivity (Wildman–Crippen MR) is 142 cm³/mol. The van der Waals surface area contributed by atoms with Crippen LogP contribution in [0.4, 0.5) is 4.79 Å². The molecule has 0 heterocycles. The minimum atomic E-state index is -0.501. The number of carbonyl (C=O) groups is 2. The Labute approximate surface area is 217 Å². The standard InChI is InChI=1S/C28H37BrN2O4/c1-28(2,3)35-27(33)31-17-19-10-12-21(13-11-19)26(32)30-18-23(20-8-6-5-7-9-20)22-14-15-25(34-4)24(29)16-22/h5-9,14-16,19,21,23H,10-13,17-18H2,1-4H3,(H,30,32)(H,31,33). The van der Waals surface area contributed by atoms with Crippen molar-refractivity contribution >= 4 is 27.9 Å². The lowest BCUT2D eigenvalue weighted by atomic mass is 9.81. The second-order valence-corrected chi connectivity index (χ2v) is 11.1. The maximum atomic E-state index is 13.0. The van der Waals surface area contributed by atoms with Crippen molar-refractivity contribution in [3.63, 3.8) is 0 Å². The number of amides is 2. The third-order valence-electron chi connectivity index (χ3n) is 6.41. The Morgan fingerprint density at radius 3 is 2.29 bits per heavy atom. The van der Waals surface area contributed by atoms with Gasteiger partial charge in [0.15, 0.2) is 0 Å². The van der Waals surface area contributed by atoms with E-state index in [4.69, 9.17) is 9.47 Å². The number of benzene rings is 2. The summed E-state index contributed by atoms with van der Waals surface area (Å²) in [7, 11) is 1.65. The predicted octanol–water partition coefficient (Wildman–Crippen LogP) is 6.04. The van der Waals surface area contributed by atoms with Crippen LogP contribution in [-0.2, 0) is 9.53 Å². The lowest BCUT2D eigenvalue weighted by molar-refractivity contribution is -0.126. The molecule has 2 amide bonds. The van der Waals surface area contributed by atoms with Gasteiger partial charge in [-0.3, -0.25) is 4.79 Å². The molecule has 1 aliphatic rings. The van der Waals surface area contributed by atoms with Gasteiger partial charge in [-0.2, -0.15) is 0 Å². The Kier molecular flexibility index (Phi) is 9.61. The number of hydrogen-bond donors (Lipinski definition) is 2. The van der Waals surface area contributed by atoms with Crippen molar-refractivity contribution in [2.24, 2.45) is 11.8 Å². The fourth-order valence-electron chi connectivity index (χ4n) is 4.53. The Morgan fingerprint density at radius 2 is 1.69 bits per heavy atom. The molecule has 1 saturated carbocycles. The first kappa shape index (κ1) is 27.1. The number of nitrogens with one attached hydrogen (secondary N) is 2. The second kappa shape index (κ2) is 12.4. The summed E-state index contributed by atoms with van der Waals surface area (Å²) in [4.78, 5) is 24.9. The van der Waals surface area contributed by atoms with Crippen molar-refractivity contribution in [1.82, 2.24) is 10.6 Å². The molecule has 1 atom stereocenters. The van der Waals surface area contributed by atoms with Crippen LogP contribution in [0.2, 0.25) is 0 Å². The summed E-state index contributed by atoms with van der Waals surface area (Å²) in [6, 6.07) is 16.3. The monoisotopic (exact) mass is 544 g/mol. The molecule has 3 rings (SSSR count). The zero-order valence-corrected chi connectivity index (χ0v) is 22.7. The highest BCUT2D eigenvalue weighted by Gasteiger charge is 2.28. The first-order valence-corrected chi connectivity index (χ1v) is 13.1. The highest BCUT2D eigenvalue weighted by atomic mass is 79.9. The van der Waals surface area contributed by atoms with E-state index in [1.54, 1.807) is 7.11 Å². The first-order chi connectivity index (χ1) is 16.7. The van der Waals surface area contributed by atoms with Crippen LogP contribution in [0.25, 0.3) is 0 Å². The van der Waals surface area contributed by atoms with E-state index in [0.29, 0.717) is 19.0 Å². The van der Waals surface area contributed by atoms with Crippen LogP contribution in [-0.4, -0.2) is 37.8 Å². The van der Waals surface area contributed by atoms with Crippen LogP contribution in [0, 0.1) is 11.8 Å². The lowest BCUT2D eigenvalue weighted by Crippen LogP contribution is -2.38. The van der Waals surface area contributed by atoms with E-state index in [0.717, 1.165) is 47.0 Å². The van der Waals surface area contributed by atoms with E-state index in [1.807, 2.05) is 45.0 Å². The van der Waals surface area contributed by atoms with E-state index < -0.39 is 5.60 Å². The topological polar surface area (TPSA) is 76.7 Å². The van der Waals surface area contributed by atoms with Crippen molar-refractivity contribution in [2.45, 2.75) is 58.0 Å². The molecule has 0 saturated heterocycles. The largest absolute Gasteiger partial charge is 0.496 e. The van der Waals surface area contributed by atoms with Crippen molar-refractivity contribution in [2.75, 3.05) is 20.2 Å². The zero-order chi connectivity index (χ0) is 25.4. The van der Waals surface area contributed by atoms with Gasteiger partial charge in [0, 0.05) is 24.9 Å². The van der Waals surface area contributed by atoms with Crippen LogP contribution in [0.5, 0.6) is 5.75 Å². The number of alkyl carbamates (subject to hydrolysis) is 1. The van der Waals surface area contributed by atoms with Gasteiger partial charge in [-0.05, 0) is 91.6 Å². The molecule has 7 heteroatoms. The maximum Gasteiger partial charge on any atom is 0.407 e. The number of methoxy groups -OCH3 is 1. The number of halogens is 1. The minimum Gasteiger partial charge on any atom is -0.496 e. The molecular weight excluding hydrogens is 508 g/mol. The molecule has 0 aromatic heterocycles. The summed E-state index contributed by atoms with van der Waals surface area (Å²) >= 11 is 3.59. The molecule has 35 heavy (non-hydrogen) atoms. The fraction of sp³-hybridized carbons (Fsp3) is 0.500. The average molecular weight is 546 g/mol. The molecule has 1 fully saturated rings. The molecule has 190 valence electrons. The Morgan fingerprint density at radius 1 is 1.00 bits per heavy atom. The number of rotatable bonds is 8. The van der Waals surface area contributed by atoms with E-state index in [-0.39, 0.29) is 23.8 Å². The van der Waals surface area contributed by atoms with Gasteiger partial charge in [0.2, 0.25) is 5.91 Å². The van der Waals surface area contributed by atoms with Crippen molar-refractivity contribution < 1.29 is 19.1 Å². The molecule has 1 aliphatic carbocycles. The Hall–Kier alpha value is -2.54. The smallest absolute Gasteiger partial charge is 0.407 e. The van der Waals surface area contributed by atoms with Crippen LogP contribution in [0.3, 0.4) is 0 Å². The SMILES string of the molecule is COc1ccc(C(CNC(=O)C2CCC(CNC(=O)OC(C)(C)C)CC2)c2ccccc2)cc1Br.